The quantitative estimate of drug-likeness (QED) is 0.692. The number of allylic oxidation sites excluding steroid dienone is 5. The van der Waals surface area contributed by atoms with Crippen LogP contribution in [0.4, 0.5) is 0 Å². The summed E-state index contributed by atoms with van der Waals surface area (Å²) >= 11 is 0. The summed E-state index contributed by atoms with van der Waals surface area (Å²) in [5.41, 5.74) is 3.85. The number of carbonyl (C=O) groups is 1. The van der Waals surface area contributed by atoms with E-state index >= 15 is 0 Å². The number of Topliss-reactive ketones (excluding diaryl/α,β-unsaturated/α-hetero) is 1. The Morgan fingerprint density at radius 3 is 2.06 bits per heavy atom. The zero-order valence-electron chi connectivity index (χ0n) is 9.53. The third kappa shape index (κ3) is 2.19. The van der Waals surface area contributed by atoms with E-state index in [9.17, 15) is 4.79 Å². The molecule has 1 aromatic rings. The first kappa shape index (κ1) is 10.6. The standard InChI is InChI=1S/C15H14O/c1-11-8-14(9-12(2)15(11)16)10-13-6-4-3-5-7-13/h3-10H,1-2H3. The van der Waals surface area contributed by atoms with Gasteiger partial charge in [-0.1, -0.05) is 30.3 Å². The van der Waals surface area contributed by atoms with Crippen molar-refractivity contribution < 1.29 is 4.79 Å². The molecule has 2 rings (SSSR count). The van der Waals surface area contributed by atoms with E-state index in [0.29, 0.717) is 0 Å². The van der Waals surface area contributed by atoms with Crippen molar-refractivity contribution in [3.63, 3.8) is 0 Å². The lowest BCUT2D eigenvalue weighted by Gasteiger charge is -2.09. The number of benzene rings is 1. The zero-order valence-corrected chi connectivity index (χ0v) is 9.53. The van der Waals surface area contributed by atoms with E-state index in [1.807, 2.05) is 44.2 Å². The Bertz CT molecular complexity index is 477. The summed E-state index contributed by atoms with van der Waals surface area (Å²) in [4.78, 5) is 11.6. The van der Waals surface area contributed by atoms with Crippen LogP contribution in [0.2, 0.25) is 0 Å². The average Bonchev–Trinajstić information content (AvgIpc) is 2.27. The molecule has 0 aromatic heterocycles. The molecule has 0 fully saturated rings. The van der Waals surface area contributed by atoms with E-state index in [4.69, 9.17) is 0 Å². The van der Waals surface area contributed by atoms with E-state index in [0.717, 1.165) is 22.3 Å². The van der Waals surface area contributed by atoms with Crippen LogP contribution in [-0.2, 0) is 4.79 Å². The van der Waals surface area contributed by atoms with Gasteiger partial charge in [0.05, 0.1) is 0 Å². The van der Waals surface area contributed by atoms with Crippen LogP contribution in [0.5, 0.6) is 0 Å². The van der Waals surface area contributed by atoms with Crippen LogP contribution in [0.3, 0.4) is 0 Å². The van der Waals surface area contributed by atoms with Gasteiger partial charge in [-0.2, -0.15) is 0 Å². The molecule has 1 aliphatic rings. The van der Waals surface area contributed by atoms with E-state index < -0.39 is 0 Å². The van der Waals surface area contributed by atoms with Crippen LogP contribution < -0.4 is 0 Å². The van der Waals surface area contributed by atoms with Gasteiger partial charge in [-0.3, -0.25) is 4.79 Å². The highest BCUT2D eigenvalue weighted by Crippen LogP contribution is 2.20. The van der Waals surface area contributed by atoms with E-state index in [2.05, 4.69) is 18.2 Å². The molecule has 1 aromatic carbocycles. The predicted octanol–water partition coefficient (Wildman–Crippen LogP) is 3.55. The Morgan fingerprint density at radius 2 is 1.50 bits per heavy atom. The van der Waals surface area contributed by atoms with Crippen LogP contribution in [0.25, 0.3) is 6.08 Å². The molecule has 1 nitrogen and oxygen atoms in total. The van der Waals surface area contributed by atoms with Crippen molar-refractivity contribution in [1.82, 2.24) is 0 Å². The Balaban J connectivity index is 2.37. The first-order chi connectivity index (χ1) is 7.66. The van der Waals surface area contributed by atoms with Crippen molar-refractivity contribution in [2.75, 3.05) is 0 Å². The number of carbonyl (C=O) groups excluding carboxylic acids is 1. The van der Waals surface area contributed by atoms with E-state index in [1.165, 1.54) is 0 Å². The second-order valence-electron chi connectivity index (χ2n) is 4.04. The van der Waals surface area contributed by atoms with Crippen LogP contribution in [0.1, 0.15) is 19.4 Å². The Labute approximate surface area is 95.8 Å². The second-order valence-corrected chi connectivity index (χ2v) is 4.04. The van der Waals surface area contributed by atoms with Gasteiger partial charge in [0, 0.05) is 0 Å². The molecule has 0 saturated carbocycles. The highest BCUT2D eigenvalue weighted by atomic mass is 16.1. The molecule has 1 aliphatic carbocycles. The van der Waals surface area contributed by atoms with Crippen LogP contribution in [0.15, 0.2) is 59.2 Å². The molecular weight excluding hydrogens is 196 g/mol. The molecule has 0 radical (unpaired) electrons. The maximum Gasteiger partial charge on any atom is 0.184 e. The fourth-order valence-corrected chi connectivity index (χ4v) is 1.81. The fraction of sp³-hybridized carbons (Fsp3) is 0.133. The highest BCUT2D eigenvalue weighted by Gasteiger charge is 2.12. The van der Waals surface area contributed by atoms with E-state index in [1.54, 1.807) is 0 Å². The van der Waals surface area contributed by atoms with Crippen molar-refractivity contribution >= 4 is 11.9 Å². The molecule has 0 spiro atoms. The monoisotopic (exact) mass is 210 g/mol. The summed E-state index contributed by atoms with van der Waals surface area (Å²) in [6.45, 7) is 3.72. The summed E-state index contributed by atoms with van der Waals surface area (Å²) < 4.78 is 0. The highest BCUT2D eigenvalue weighted by molar-refractivity contribution is 6.09. The lowest BCUT2D eigenvalue weighted by Crippen LogP contribution is -2.05. The van der Waals surface area contributed by atoms with Gasteiger partial charge in [0.1, 0.15) is 0 Å². The van der Waals surface area contributed by atoms with Gasteiger partial charge in [0.15, 0.2) is 5.78 Å². The van der Waals surface area contributed by atoms with Crippen molar-refractivity contribution in [1.29, 1.82) is 0 Å². The largest absolute Gasteiger partial charge is 0.289 e. The van der Waals surface area contributed by atoms with Gasteiger partial charge in [-0.05, 0) is 54.4 Å². The van der Waals surface area contributed by atoms with Crippen LogP contribution in [-0.4, -0.2) is 5.78 Å². The second kappa shape index (κ2) is 4.31. The third-order valence-electron chi connectivity index (χ3n) is 2.62. The minimum atomic E-state index is 0.144. The molecule has 0 saturated heterocycles. The summed E-state index contributed by atoms with van der Waals surface area (Å²) in [5.74, 6) is 0.144. The zero-order chi connectivity index (χ0) is 11.5. The lowest BCUT2D eigenvalue weighted by atomic mass is 9.95. The molecular formula is C15H14O. The number of rotatable bonds is 1. The van der Waals surface area contributed by atoms with Gasteiger partial charge in [-0.15, -0.1) is 0 Å². The summed E-state index contributed by atoms with van der Waals surface area (Å²) in [5, 5.41) is 0. The molecule has 0 N–H and O–H groups in total. The first-order valence-electron chi connectivity index (χ1n) is 5.35. The van der Waals surface area contributed by atoms with Gasteiger partial charge in [0.25, 0.3) is 0 Å². The SMILES string of the molecule is CC1=CC(=Cc2ccccc2)C=C(C)C1=O. The first-order valence-corrected chi connectivity index (χ1v) is 5.35. The minimum absolute atomic E-state index is 0.144. The van der Waals surface area contributed by atoms with Gasteiger partial charge in [0.2, 0.25) is 0 Å². The molecule has 80 valence electrons. The molecule has 0 aliphatic heterocycles. The predicted molar refractivity (Wildman–Crippen MR) is 66.9 cm³/mol. The smallest absolute Gasteiger partial charge is 0.184 e. The minimum Gasteiger partial charge on any atom is -0.289 e. The van der Waals surface area contributed by atoms with Crippen LogP contribution >= 0.6 is 0 Å². The lowest BCUT2D eigenvalue weighted by molar-refractivity contribution is -0.112. The topological polar surface area (TPSA) is 17.1 Å². The van der Waals surface area contributed by atoms with E-state index in [-0.39, 0.29) is 5.78 Å². The Hall–Kier alpha value is -1.89. The van der Waals surface area contributed by atoms with Crippen molar-refractivity contribution in [2.24, 2.45) is 0 Å². The molecule has 1 heteroatoms. The molecule has 0 amide bonds. The van der Waals surface area contributed by atoms with Gasteiger partial charge in [-0.25, -0.2) is 0 Å². The van der Waals surface area contributed by atoms with Crippen molar-refractivity contribution in [2.45, 2.75) is 13.8 Å². The van der Waals surface area contributed by atoms with Crippen molar-refractivity contribution in [3.05, 3.63) is 64.8 Å². The molecule has 16 heavy (non-hydrogen) atoms. The Morgan fingerprint density at radius 1 is 0.938 bits per heavy atom. The summed E-state index contributed by atoms with van der Waals surface area (Å²) in [6.07, 6.45) is 5.95. The molecule has 0 unspecified atom stereocenters. The molecule has 0 bridgehead atoms. The number of ketones is 1. The molecule has 0 heterocycles. The summed E-state index contributed by atoms with van der Waals surface area (Å²) in [6, 6.07) is 10.1. The normalized spacial score (nSPS) is 15.6. The average molecular weight is 210 g/mol. The molecule has 0 atom stereocenters. The Kier molecular flexibility index (Phi) is 2.86. The fourth-order valence-electron chi connectivity index (χ4n) is 1.81. The number of hydrogen-bond acceptors (Lipinski definition) is 1. The third-order valence-corrected chi connectivity index (χ3v) is 2.62. The summed E-state index contributed by atoms with van der Waals surface area (Å²) in [7, 11) is 0. The maximum atomic E-state index is 11.6. The van der Waals surface area contributed by atoms with Gasteiger partial charge < -0.3 is 0 Å². The number of hydrogen-bond donors (Lipinski definition) is 0. The van der Waals surface area contributed by atoms with Gasteiger partial charge >= 0.3 is 0 Å². The maximum absolute atomic E-state index is 11.6. The van der Waals surface area contributed by atoms with Crippen molar-refractivity contribution in [3.8, 4) is 0 Å². The van der Waals surface area contributed by atoms with Crippen LogP contribution in [0, 0.1) is 0 Å².